The predicted molar refractivity (Wildman–Crippen MR) is 93.5 cm³/mol. The zero-order valence-electron chi connectivity index (χ0n) is 15.0. The molecule has 4 nitrogen and oxygen atoms in total. The Hall–Kier alpha value is -1.39. The number of ether oxygens (including phenoxy) is 1. The second-order valence-electron chi connectivity index (χ2n) is 4.47. The summed E-state index contributed by atoms with van der Waals surface area (Å²) in [5.41, 5.74) is 2.95. The highest BCUT2D eigenvalue weighted by Crippen LogP contribution is 2.20. The number of piperazine rings is 1. The highest BCUT2D eigenvalue weighted by Gasteiger charge is 2.17. The van der Waals surface area contributed by atoms with Gasteiger partial charge in [0.2, 0.25) is 0 Å². The molecule has 0 spiro atoms. The Balaban J connectivity index is 0.00000102. The fourth-order valence-electron chi connectivity index (χ4n) is 2.32. The molecule has 126 valence electrons. The third-order valence-electron chi connectivity index (χ3n) is 3.36. The van der Waals surface area contributed by atoms with Crippen LogP contribution >= 0.6 is 0 Å². The molecule has 0 aliphatic carbocycles. The molecule has 0 amide bonds. The Labute approximate surface area is 135 Å². The number of benzene rings is 1. The van der Waals surface area contributed by atoms with Crippen molar-refractivity contribution in [3.05, 3.63) is 34.9 Å². The van der Waals surface area contributed by atoms with E-state index in [4.69, 9.17) is 4.74 Å². The van der Waals surface area contributed by atoms with Crippen LogP contribution in [0.3, 0.4) is 0 Å². The molecule has 1 saturated heterocycles. The van der Waals surface area contributed by atoms with Crippen LogP contribution in [0.1, 0.15) is 62.1 Å². The van der Waals surface area contributed by atoms with E-state index >= 15 is 0 Å². The Kier molecular flexibility index (Phi) is 11.4. The lowest BCUT2D eigenvalue weighted by Crippen LogP contribution is -2.42. The van der Waals surface area contributed by atoms with Gasteiger partial charge in [-0.2, -0.15) is 0 Å². The fourth-order valence-corrected chi connectivity index (χ4v) is 2.32. The van der Waals surface area contributed by atoms with Crippen molar-refractivity contribution in [2.75, 3.05) is 26.7 Å². The van der Waals surface area contributed by atoms with Crippen LogP contribution in [0, 0.1) is 0 Å². The molecule has 1 heterocycles. The van der Waals surface area contributed by atoms with E-state index in [0.717, 1.165) is 31.6 Å². The third kappa shape index (κ3) is 5.78. The first-order chi connectivity index (χ1) is 10.8. The van der Waals surface area contributed by atoms with E-state index in [1.54, 1.807) is 0 Å². The third-order valence-corrected chi connectivity index (χ3v) is 3.36. The summed E-state index contributed by atoms with van der Waals surface area (Å²) in [4.78, 5) is 11.6. The van der Waals surface area contributed by atoms with Crippen molar-refractivity contribution in [1.82, 2.24) is 10.6 Å². The minimum Gasteiger partial charge on any atom is -0.465 e. The number of esters is 1. The van der Waals surface area contributed by atoms with Crippen LogP contribution in [-0.2, 0) is 11.2 Å². The average Bonchev–Trinajstić information content (AvgIpc) is 2.64. The largest absolute Gasteiger partial charge is 0.465 e. The van der Waals surface area contributed by atoms with Gasteiger partial charge in [0.1, 0.15) is 0 Å². The molecule has 0 radical (unpaired) electrons. The summed E-state index contributed by atoms with van der Waals surface area (Å²) in [7, 11) is 1.42. The van der Waals surface area contributed by atoms with Gasteiger partial charge in [0.15, 0.2) is 0 Å². The molecule has 0 saturated carbocycles. The van der Waals surface area contributed by atoms with Crippen LogP contribution in [0.25, 0.3) is 0 Å². The molecule has 1 aromatic carbocycles. The van der Waals surface area contributed by atoms with Gasteiger partial charge in [0.05, 0.1) is 12.7 Å². The summed E-state index contributed by atoms with van der Waals surface area (Å²) in [6.07, 6.45) is 0.832. The molecule has 2 rings (SSSR count). The van der Waals surface area contributed by atoms with Gasteiger partial charge in [-0.25, -0.2) is 4.79 Å². The number of aryl methyl sites for hydroxylation is 1. The number of nitrogens with one attached hydrogen (secondary N) is 2. The van der Waals surface area contributed by atoms with Gasteiger partial charge < -0.3 is 15.4 Å². The van der Waals surface area contributed by atoms with Crippen LogP contribution in [0.15, 0.2) is 18.2 Å². The van der Waals surface area contributed by atoms with Crippen LogP contribution in [0.2, 0.25) is 0 Å². The maximum Gasteiger partial charge on any atom is 0.338 e. The van der Waals surface area contributed by atoms with Crippen LogP contribution in [-0.4, -0.2) is 32.7 Å². The molecule has 22 heavy (non-hydrogen) atoms. The van der Waals surface area contributed by atoms with E-state index in [1.165, 1.54) is 12.7 Å². The molecule has 1 unspecified atom stereocenters. The number of methoxy groups -OCH3 is 1. The Morgan fingerprint density at radius 2 is 1.91 bits per heavy atom. The lowest BCUT2D eigenvalue weighted by atomic mass is 9.97. The molecule has 0 bridgehead atoms. The summed E-state index contributed by atoms with van der Waals surface area (Å²) in [6, 6.07) is 6.32. The van der Waals surface area contributed by atoms with Crippen molar-refractivity contribution in [2.24, 2.45) is 0 Å². The maximum atomic E-state index is 11.6. The predicted octanol–water partition coefficient (Wildman–Crippen LogP) is 3.32. The molecular formula is C18H32N2O2. The molecule has 0 aromatic heterocycles. The summed E-state index contributed by atoms with van der Waals surface area (Å²) in [5, 5.41) is 6.84. The first-order valence-corrected chi connectivity index (χ1v) is 8.41. The van der Waals surface area contributed by atoms with Crippen LogP contribution in [0.4, 0.5) is 0 Å². The van der Waals surface area contributed by atoms with E-state index < -0.39 is 0 Å². The van der Waals surface area contributed by atoms with Crippen LogP contribution < -0.4 is 10.6 Å². The van der Waals surface area contributed by atoms with Crippen molar-refractivity contribution >= 4 is 5.97 Å². The first kappa shape index (κ1) is 20.6. The molecule has 1 atom stereocenters. The van der Waals surface area contributed by atoms with Gasteiger partial charge in [0.25, 0.3) is 0 Å². The highest BCUT2D eigenvalue weighted by atomic mass is 16.5. The molecule has 1 fully saturated rings. The second-order valence-corrected chi connectivity index (χ2v) is 4.47. The van der Waals surface area contributed by atoms with Gasteiger partial charge in [0, 0.05) is 25.7 Å². The summed E-state index contributed by atoms with van der Waals surface area (Å²) < 4.78 is 4.80. The first-order valence-electron chi connectivity index (χ1n) is 8.41. The quantitative estimate of drug-likeness (QED) is 0.841. The minimum atomic E-state index is -0.256. The maximum absolute atomic E-state index is 11.6. The zero-order valence-corrected chi connectivity index (χ0v) is 15.0. The van der Waals surface area contributed by atoms with Crippen LogP contribution in [0.5, 0.6) is 0 Å². The van der Waals surface area contributed by atoms with E-state index in [9.17, 15) is 4.79 Å². The van der Waals surface area contributed by atoms with Gasteiger partial charge >= 0.3 is 5.97 Å². The number of carbonyl (C=O) groups excluding carboxylic acids is 1. The van der Waals surface area contributed by atoms with E-state index in [1.807, 2.05) is 39.8 Å². The smallest absolute Gasteiger partial charge is 0.338 e. The summed E-state index contributed by atoms with van der Waals surface area (Å²) >= 11 is 0. The van der Waals surface area contributed by atoms with E-state index in [-0.39, 0.29) is 5.97 Å². The zero-order chi connectivity index (χ0) is 17.0. The normalized spacial score (nSPS) is 16.5. The Bertz CT molecular complexity index is 427. The van der Waals surface area contributed by atoms with Gasteiger partial charge in [-0.3, -0.25) is 0 Å². The van der Waals surface area contributed by atoms with Crippen molar-refractivity contribution in [1.29, 1.82) is 0 Å². The summed E-state index contributed by atoms with van der Waals surface area (Å²) in [6.45, 7) is 13.0. The molecular weight excluding hydrogens is 276 g/mol. The van der Waals surface area contributed by atoms with Gasteiger partial charge in [-0.1, -0.05) is 46.8 Å². The fraction of sp³-hybridized carbons (Fsp3) is 0.611. The number of carbonyl (C=O) groups is 1. The van der Waals surface area contributed by atoms with E-state index in [2.05, 4.69) is 23.6 Å². The lowest BCUT2D eigenvalue weighted by Gasteiger charge is -2.25. The van der Waals surface area contributed by atoms with Crippen molar-refractivity contribution in [2.45, 2.75) is 47.1 Å². The average molecular weight is 308 g/mol. The van der Waals surface area contributed by atoms with Gasteiger partial charge in [-0.15, -0.1) is 0 Å². The van der Waals surface area contributed by atoms with Gasteiger partial charge in [-0.05, 0) is 23.6 Å². The molecule has 2 N–H and O–H groups in total. The number of rotatable bonds is 3. The van der Waals surface area contributed by atoms with E-state index in [0.29, 0.717) is 11.6 Å². The molecule has 1 aliphatic rings. The van der Waals surface area contributed by atoms with Crippen molar-refractivity contribution in [3.63, 3.8) is 0 Å². The standard InChI is InChI=1S/C14H20N2O2.2C2H6/c1-3-10-8-11(13-9-15-6-7-16-13)4-5-12(10)14(17)18-2;2*1-2/h4-5,8,13,15-16H,3,6-7,9H2,1-2H3;2*1-2H3. The number of hydrogen-bond acceptors (Lipinski definition) is 4. The molecule has 4 heteroatoms. The molecule has 1 aliphatic heterocycles. The molecule has 1 aromatic rings. The summed E-state index contributed by atoms with van der Waals surface area (Å²) in [5.74, 6) is -0.256. The number of hydrogen-bond donors (Lipinski definition) is 2. The minimum absolute atomic E-state index is 0.256. The highest BCUT2D eigenvalue weighted by molar-refractivity contribution is 5.91. The topological polar surface area (TPSA) is 50.4 Å². The SMILES string of the molecule is CC.CC.CCc1cc(C2CNCCN2)ccc1C(=O)OC. The van der Waals surface area contributed by atoms with Crippen molar-refractivity contribution in [3.8, 4) is 0 Å². The lowest BCUT2D eigenvalue weighted by molar-refractivity contribution is 0.0599. The second kappa shape index (κ2) is 12.2. The van der Waals surface area contributed by atoms with Crippen molar-refractivity contribution < 1.29 is 9.53 Å². The monoisotopic (exact) mass is 308 g/mol. The Morgan fingerprint density at radius 1 is 1.23 bits per heavy atom. The Morgan fingerprint density at radius 3 is 2.41 bits per heavy atom.